The minimum Gasteiger partial charge on any atom is -0.323 e. The fourth-order valence-corrected chi connectivity index (χ4v) is 3.68. The molecular weight excluding hydrogens is 244 g/mol. The van der Waals surface area contributed by atoms with Crippen molar-refractivity contribution < 1.29 is 0 Å². The van der Waals surface area contributed by atoms with E-state index in [1.807, 2.05) is 19.3 Å². The van der Waals surface area contributed by atoms with E-state index in [0.717, 1.165) is 23.5 Å². The summed E-state index contributed by atoms with van der Waals surface area (Å²) in [6, 6.07) is 2.12. The van der Waals surface area contributed by atoms with Gasteiger partial charge in [-0.15, -0.1) is 11.3 Å². The second-order valence-corrected chi connectivity index (χ2v) is 6.89. The summed E-state index contributed by atoms with van der Waals surface area (Å²) in [4.78, 5) is 5.99. The van der Waals surface area contributed by atoms with E-state index in [2.05, 4.69) is 18.9 Å². The molecule has 0 saturated carbocycles. The lowest BCUT2D eigenvalue weighted by molar-refractivity contribution is 0.282. The van der Waals surface area contributed by atoms with Crippen LogP contribution in [0.4, 0.5) is 0 Å². The number of rotatable bonds is 1. The van der Waals surface area contributed by atoms with Crippen LogP contribution in [-0.2, 0) is 13.5 Å². The Morgan fingerprint density at radius 3 is 2.94 bits per heavy atom. The maximum absolute atomic E-state index is 6.26. The van der Waals surface area contributed by atoms with Gasteiger partial charge in [-0.3, -0.25) is 4.68 Å². The lowest BCUT2D eigenvalue weighted by Gasteiger charge is -2.32. The Balaban J connectivity index is 2.02. The van der Waals surface area contributed by atoms with Gasteiger partial charge in [-0.05, 0) is 24.3 Å². The summed E-state index contributed by atoms with van der Waals surface area (Å²) in [7, 11) is 1.92. The number of nitrogens with zero attached hydrogens (tertiary/aromatic N) is 3. The summed E-state index contributed by atoms with van der Waals surface area (Å²) in [5.74, 6) is 0. The lowest BCUT2D eigenvalue weighted by Crippen LogP contribution is -2.28. The van der Waals surface area contributed by atoms with Crippen molar-refractivity contribution >= 4 is 11.3 Å². The lowest BCUT2D eigenvalue weighted by atomic mass is 9.77. The molecule has 4 nitrogen and oxygen atoms in total. The fourth-order valence-electron chi connectivity index (χ4n) is 2.63. The van der Waals surface area contributed by atoms with Gasteiger partial charge in [-0.1, -0.05) is 13.8 Å². The van der Waals surface area contributed by atoms with Gasteiger partial charge in [0.1, 0.15) is 10.7 Å². The minimum absolute atomic E-state index is 0.124. The first-order valence-electron chi connectivity index (χ1n) is 6.20. The third-order valence-corrected chi connectivity index (χ3v) is 4.67. The molecule has 2 aromatic heterocycles. The van der Waals surface area contributed by atoms with Crippen LogP contribution in [-0.4, -0.2) is 14.8 Å². The average Bonchev–Trinajstić information content (AvgIpc) is 2.82. The van der Waals surface area contributed by atoms with Gasteiger partial charge in [-0.25, -0.2) is 4.98 Å². The van der Waals surface area contributed by atoms with E-state index in [9.17, 15) is 0 Å². The van der Waals surface area contributed by atoms with Gasteiger partial charge in [0.05, 0.1) is 5.69 Å². The monoisotopic (exact) mass is 262 g/mol. The number of nitrogens with two attached hydrogens (primary N) is 1. The Hall–Kier alpha value is -1.20. The highest BCUT2D eigenvalue weighted by Crippen LogP contribution is 2.43. The molecule has 0 aromatic carbocycles. The van der Waals surface area contributed by atoms with Crippen molar-refractivity contribution in [2.45, 2.75) is 32.7 Å². The maximum atomic E-state index is 6.26. The third-order valence-electron chi connectivity index (χ3n) is 3.42. The van der Waals surface area contributed by atoms with Gasteiger partial charge in [0.2, 0.25) is 0 Å². The molecule has 1 aliphatic rings. The number of hydrogen-bond donors (Lipinski definition) is 1. The van der Waals surface area contributed by atoms with E-state index < -0.39 is 0 Å². The van der Waals surface area contributed by atoms with Crippen LogP contribution in [0.2, 0.25) is 0 Å². The molecule has 1 aliphatic carbocycles. The summed E-state index contributed by atoms with van der Waals surface area (Å²) in [6.45, 7) is 4.52. The molecule has 2 N–H and O–H groups in total. The molecule has 1 atom stereocenters. The molecule has 5 heteroatoms. The topological polar surface area (TPSA) is 56.7 Å². The zero-order valence-electron chi connectivity index (χ0n) is 11.0. The molecule has 0 saturated heterocycles. The van der Waals surface area contributed by atoms with Crippen LogP contribution >= 0.6 is 11.3 Å². The number of aryl methyl sites for hydroxylation is 1. The minimum atomic E-state index is 0.124. The molecule has 0 bridgehead atoms. The summed E-state index contributed by atoms with van der Waals surface area (Å²) in [5.41, 5.74) is 8.63. The number of thiazole rings is 1. The fraction of sp³-hybridized carbons (Fsp3) is 0.538. The van der Waals surface area contributed by atoms with Gasteiger partial charge < -0.3 is 5.73 Å². The van der Waals surface area contributed by atoms with Crippen molar-refractivity contribution in [3.05, 3.63) is 22.8 Å². The molecule has 2 heterocycles. The first-order chi connectivity index (χ1) is 8.44. The molecule has 0 aliphatic heterocycles. The summed E-state index contributed by atoms with van der Waals surface area (Å²) in [5, 5.41) is 5.40. The standard InChI is InChI=1S/C13H18N4S/c1-13(2)6-8(14)11-10(7-13)15-12(18-11)9-4-5-17(3)16-9/h4-5,8H,6-7,14H2,1-3H3. The number of fused-ring (bicyclic) bond motifs is 1. The van der Waals surface area contributed by atoms with Crippen LogP contribution in [0.25, 0.3) is 10.7 Å². The second-order valence-electron chi connectivity index (χ2n) is 5.86. The van der Waals surface area contributed by atoms with E-state index in [-0.39, 0.29) is 11.5 Å². The van der Waals surface area contributed by atoms with Gasteiger partial charge in [0.25, 0.3) is 0 Å². The largest absolute Gasteiger partial charge is 0.323 e. The molecule has 0 fully saturated rings. The third kappa shape index (κ3) is 1.97. The Kier molecular flexibility index (Phi) is 2.57. The summed E-state index contributed by atoms with van der Waals surface area (Å²) < 4.78 is 1.81. The first-order valence-corrected chi connectivity index (χ1v) is 7.01. The second kappa shape index (κ2) is 3.90. The Morgan fingerprint density at radius 2 is 2.28 bits per heavy atom. The molecule has 0 radical (unpaired) electrons. The maximum Gasteiger partial charge on any atom is 0.144 e. The SMILES string of the molecule is Cn1ccc(-c2nc3c(s2)C(N)CC(C)(C)C3)n1. The van der Waals surface area contributed by atoms with Crippen molar-refractivity contribution in [3.63, 3.8) is 0 Å². The quantitative estimate of drug-likeness (QED) is 0.859. The smallest absolute Gasteiger partial charge is 0.144 e. The highest BCUT2D eigenvalue weighted by molar-refractivity contribution is 7.15. The Morgan fingerprint density at radius 1 is 1.50 bits per heavy atom. The zero-order chi connectivity index (χ0) is 12.9. The van der Waals surface area contributed by atoms with Gasteiger partial charge >= 0.3 is 0 Å². The first kappa shape index (κ1) is 11.9. The predicted octanol–water partition coefficient (Wildman–Crippen LogP) is 2.52. The molecule has 2 aromatic rings. The van der Waals surface area contributed by atoms with Gasteiger partial charge in [0, 0.05) is 24.2 Å². The Labute approximate surface area is 111 Å². The van der Waals surface area contributed by atoms with E-state index in [1.165, 1.54) is 10.6 Å². The molecule has 1 unspecified atom stereocenters. The van der Waals surface area contributed by atoms with Crippen LogP contribution in [0.15, 0.2) is 12.3 Å². The predicted molar refractivity (Wildman–Crippen MR) is 73.3 cm³/mol. The zero-order valence-corrected chi connectivity index (χ0v) is 11.8. The molecular formula is C13H18N4S. The Bertz CT molecular complexity index is 582. The average molecular weight is 262 g/mol. The van der Waals surface area contributed by atoms with Crippen molar-refractivity contribution in [1.29, 1.82) is 0 Å². The summed E-state index contributed by atoms with van der Waals surface area (Å²) >= 11 is 1.70. The molecule has 96 valence electrons. The van der Waals surface area contributed by atoms with E-state index in [1.54, 1.807) is 16.0 Å². The highest BCUT2D eigenvalue weighted by Gasteiger charge is 2.33. The van der Waals surface area contributed by atoms with E-state index >= 15 is 0 Å². The van der Waals surface area contributed by atoms with Crippen molar-refractivity contribution in [1.82, 2.24) is 14.8 Å². The van der Waals surface area contributed by atoms with Gasteiger partial charge in [-0.2, -0.15) is 5.10 Å². The van der Waals surface area contributed by atoms with Crippen LogP contribution < -0.4 is 5.73 Å². The van der Waals surface area contributed by atoms with Crippen LogP contribution in [0.5, 0.6) is 0 Å². The van der Waals surface area contributed by atoms with Crippen molar-refractivity contribution in [2.75, 3.05) is 0 Å². The van der Waals surface area contributed by atoms with Crippen LogP contribution in [0.3, 0.4) is 0 Å². The molecule has 3 rings (SSSR count). The van der Waals surface area contributed by atoms with Crippen LogP contribution in [0, 0.1) is 5.41 Å². The number of hydrogen-bond acceptors (Lipinski definition) is 4. The van der Waals surface area contributed by atoms with E-state index in [4.69, 9.17) is 10.7 Å². The normalized spacial score (nSPS) is 21.9. The van der Waals surface area contributed by atoms with E-state index in [0.29, 0.717) is 0 Å². The van der Waals surface area contributed by atoms with Crippen molar-refractivity contribution in [2.24, 2.45) is 18.2 Å². The molecule has 18 heavy (non-hydrogen) atoms. The molecule has 0 spiro atoms. The summed E-state index contributed by atoms with van der Waals surface area (Å²) in [6.07, 6.45) is 3.99. The highest BCUT2D eigenvalue weighted by atomic mass is 32.1. The number of aromatic nitrogens is 3. The van der Waals surface area contributed by atoms with Gasteiger partial charge in [0.15, 0.2) is 0 Å². The van der Waals surface area contributed by atoms with Crippen molar-refractivity contribution in [3.8, 4) is 10.7 Å². The molecule has 0 amide bonds. The van der Waals surface area contributed by atoms with Crippen LogP contribution in [0.1, 0.15) is 36.9 Å².